The number of nitrogens with zero attached hydrogens (tertiary/aromatic N) is 6. The van der Waals surface area contributed by atoms with Crippen LogP contribution in [0.25, 0.3) is 22.4 Å². The molecule has 8 heteroatoms. The van der Waals surface area contributed by atoms with Crippen LogP contribution in [0.3, 0.4) is 0 Å². The monoisotopic (exact) mass is 368 g/mol. The first-order valence-electron chi connectivity index (χ1n) is 8.92. The summed E-state index contributed by atoms with van der Waals surface area (Å²) in [6.45, 7) is 0. The summed E-state index contributed by atoms with van der Waals surface area (Å²) < 4.78 is 15.6. The number of hydrogen-bond donors (Lipinski definition) is 1. The first-order valence-corrected chi connectivity index (χ1v) is 8.92. The van der Waals surface area contributed by atoms with E-state index < -0.39 is 6.17 Å². The molecule has 1 saturated carbocycles. The highest BCUT2D eigenvalue weighted by atomic mass is 19.1. The lowest BCUT2D eigenvalue weighted by atomic mass is 10.0. The maximum Gasteiger partial charge on any atom is 0.245 e. The number of halogens is 1. The summed E-state index contributed by atoms with van der Waals surface area (Å²) in [6, 6.07) is 5.13. The molecule has 3 aromatic rings. The van der Waals surface area contributed by atoms with Crippen LogP contribution in [0, 0.1) is 0 Å². The van der Waals surface area contributed by atoms with Crippen LogP contribution in [0.4, 0.5) is 10.3 Å². The van der Waals surface area contributed by atoms with Crippen LogP contribution in [-0.2, 0) is 7.05 Å². The van der Waals surface area contributed by atoms with Crippen molar-refractivity contribution in [1.82, 2.24) is 25.0 Å². The van der Waals surface area contributed by atoms with Gasteiger partial charge in [-0.2, -0.15) is 5.10 Å². The van der Waals surface area contributed by atoms with Crippen molar-refractivity contribution in [2.75, 3.05) is 11.9 Å². The average molecular weight is 368 g/mol. The highest BCUT2D eigenvalue weighted by molar-refractivity contribution is 5.73. The summed E-state index contributed by atoms with van der Waals surface area (Å²) in [6.07, 6.45) is 6.56. The number of anilines is 1. The lowest BCUT2D eigenvalue weighted by Crippen LogP contribution is -2.36. The zero-order chi connectivity index (χ0) is 19.0. The summed E-state index contributed by atoms with van der Waals surface area (Å²) in [5.41, 5.74) is 2.78. The van der Waals surface area contributed by atoms with E-state index in [1.807, 2.05) is 19.3 Å². The van der Waals surface area contributed by atoms with E-state index in [4.69, 9.17) is 0 Å². The first-order chi connectivity index (χ1) is 13.0. The molecule has 1 aromatic carbocycles. The van der Waals surface area contributed by atoms with Gasteiger partial charge in [0.2, 0.25) is 5.95 Å². The molecule has 7 nitrogen and oxygen atoms in total. The number of benzene rings is 1. The van der Waals surface area contributed by atoms with Crippen LogP contribution < -0.4 is 4.90 Å². The second-order valence-corrected chi connectivity index (χ2v) is 6.90. The molecule has 0 aliphatic heterocycles. The molecular formula is C19H21FN6O. The minimum atomic E-state index is -0.859. The second kappa shape index (κ2) is 6.94. The maximum absolute atomic E-state index is 13.9. The normalized spacial score (nSPS) is 19.4. The molecule has 0 amide bonds. The first kappa shape index (κ1) is 17.4. The highest BCUT2D eigenvalue weighted by Gasteiger charge is 2.31. The Morgan fingerprint density at radius 2 is 2.04 bits per heavy atom. The Balaban J connectivity index is 1.57. The van der Waals surface area contributed by atoms with E-state index >= 15 is 0 Å². The van der Waals surface area contributed by atoms with Gasteiger partial charge < -0.3 is 10.0 Å². The molecule has 140 valence electrons. The van der Waals surface area contributed by atoms with Crippen molar-refractivity contribution in [3.63, 3.8) is 0 Å². The van der Waals surface area contributed by atoms with Gasteiger partial charge >= 0.3 is 0 Å². The van der Waals surface area contributed by atoms with Gasteiger partial charge in [-0.3, -0.25) is 4.68 Å². The Hall–Kier alpha value is -3.03. The Kier molecular flexibility index (Phi) is 4.47. The summed E-state index contributed by atoms with van der Waals surface area (Å²) in [5, 5.41) is 22.9. The Bertz CT molecular complexity index is 942. The smallest absolute Gasteiger partial charge is 0.245 e. The van der Waals surface area contributed by atoms with E-state index in [9.17, 15) is 9.50 Å². The fourth-order valence-electron chi connectivity index (χ4n) is 3.53. The number of aryl methyl sites for hydroxylation is 1. The van der Waals surface area contributed by atoms with Gasteiger partial charge in [0.05, 0.1) is 18.4 Å². The lowest BCUT2D eigenvalue weighted by molar-refractivity contribution is 0.305. The molecule has 1 aliphatic carbocycles. The van der Waals surface area contributed by atoms with Crippen molar-refractivity contribution in [3.05, 3.63) is 36.8 Å². The summed E-state index contributed by atoms with van der Waals surface area (Å²) in [4.78, 5) is 6.07. The highest BCUT2D eigenvalue weighted by Crippen LogP contribution is 2.32. The number of alkyl halides is 1. The third kappa shape index (κ3) is 3.34. The zero-order valence-electron chi connectivity index (χ0n) is 15.2. The molecule has 1 fully saturated rings. The molecule has 2 heterocycles. The lowest BCUT2D eigenvalue weighted by Gasteiger charge is -2.25. The number of phenols is 1. The van der Waals surface area contributed by atoms with Crippen molar-refractivity contribution >= 4 is 5.95 Å². The third-order valence-electron chi connectivity index (χ3n) is 5.07. The maximum atomic E-state index is 13.9. The Morgan fingerprint density at radius 1 is 1.19 bits per heavy atom. The molecule has 0 saturated heterocycles. The summed E-state index contributed by atoms with van der Waals surface area (Å²) >= 11 is 0. The largest absolute Gasteiger partial charge is 0.507 e. The van der Waals surface area contributed by atoms with Gasteiger partial charge in [0.25, 0.3) is 0 Å². The van der Waals surface area contributed by atoms with E-state index in [0.29, 0.717) is 23.6 Å². The van der Waals surface area contributed by atoms with Crippen LogP contribution in [-0.4, -0.2) is 49.3 Å². The second-order valence-electron chi connectivity index (χ2n) is 6.90. The van der Waals surface area contributed by atoms with Crippen molar-refractivity contribution in [1.29, 1.82) is 0 Å². The average Bonchev–Trinajstić information content (AvgIpc) is 3.29. The van der Waals surface area contributed by atoms with Gasteiger partial charge in [-0.05, 0) is 37.0 Å². The van der Waals surface area contributed by atoms with Crippen molar-refractivity contribution < 1.29 is 9.50 Å². The van der Waals surface area contributed by atoms with Crippen LogP contribution in [0.2, 0.25) is 0 Å². The van der Waals surface area contributed by atoms with Gasteiger partial charge in [0, 0.05) is 31.4 Å². The Labute approximate surface area is 156 Å². The van der Waals surface area contributed by atoms with Crippen molar-refractivity contribution in [3.8, 4) is 28.1 Å². The quantitative estimate of drug-likeness (QED) is 0.763. The molecule has 0 unspecified atom stereocenters. The van der Waals surface area contributed by atoms with E-state index in [-0.39, 0.29) is 11.8 Å². The molecule has 2 aromatic heterocycles. The van der Waals surface area contributed by atoms with Gasteiger partial charge in [-0.15, -0.1) is 10.2 Å². The standard InChI is InChI=1S/C19H21FN6O/c1-25-11-13(9-22-25)12-6-7-14(18(27)8-12)16-10-21-19(24-23-16)26(2)17-5-3-4-15(17)20/h6-11,15,17,27H,3-5H2,1-2H3/t15-,17+/m1/s1. The van der Waals surface area contributed by atoms with E-state index in [0.717, 1.165) is 24.0 Å². The predicted octanol–water partition coefficient (Wildman–Crippen LogP) is 2.97. The number of aromatic nitrogens is 5. The summed E-state index contributed by atoms with van der Waals surface area (Å²) in [7, 11) is 3.63. The molecule has 4 rings (SSSR count). The number of rotatable bonds is 4. The van der Waals surface area contributed by atoms with Crippen LogP contribution in [0.15, 0.2) is 36.8 Å². The molecule has 2 atom stereocenters. The van der Waals surface area contributed by atoms with E-state index in [2.05, 4.69) is 20.3 Å². The predicted molar refractivity (Wildman–Crippen MR) is 100 cm³/mol. The topological polar surface area (TPSA) is 80.0 Å². The minimum absolute atomic E-state index is 0.0909. The van der Waals surface area contributed by atoms with Crippen LogP contribution in [0.1, 0.15) is 19.3 Å². The number of phenolic OH excluding ortho intramolecular Hbond substituents is 1. The molecule has 1 N–H and O–H groups in total. The van der Waals surface area contributed by atoms with Crippen molar-refractivity contribution in [2.45, 2.75) is 31.5 Å². The fraction of sp³-hybridized carbons (Fsp3) is 0.368. The van der Waals surface area contributed by atoms with Crippen LogP contribution in [0.5, 0.6) is 5.75 Å². The SMILES string of the molecule is CN(c1ncc(-c2ccc(-c3cnn(C)c3)cc2O)nn1)[C@H]1CCC[C@H]1F. The van der Waals surface area contributed by atoms with Gasteiger partial charge in [-0.25, -0.2) is 9.37 Å². The molecule has 27 heavy (non-hydrogen) atoms. The van der Waals surface area contributed by atoms with Gasteiger partial charge in [0.15, 0.2) is 0 Å². The summed E-state index contributed by atoms with van der Waals surface area (Å²) in [5.74, 6) is 0.480. The van der Waals surface area contributed by atoms with Gasteiger partial charge in [0.1, 0.15) is 17.6 Å². The fourth-order valence-corrected chi connectivity index (χ4v) is 3.53. The van der Waals surface area contributed by atoms with Crippen LogP contribution >= 0.6 is 0 Å². The molecular weight excluding hydrogens is 347 g/mol. The molecule has 1 aliphatic rings. The minimum Gasteiger partial charge on any atom is -0.507 e. The van der Waals surface area contributed by atoms with Crippen molar-refractivity contribution in [2.24, 2.45) is 7.05 Å². The van der Waals surface area contributed by atoms with E-state index in [1.54, 1.807) is 41.2 Å². The van der Waals surface area contributed by atoms with E-state index in [1.165, 1.54) is 0 Å². The molecule has 0 spiro atoms. The third-order valence-corrected chi connectivity index (χ3v) is 5.07. The number of hydrogen-bond acceptors (Lipinski definition) is 6. The Morgan fingerprint density at radius 3 is 2.63 bits per heavy atom. The molecule has 0 radical (unpaired) electrons. The number of aromatic hydroxyl groups is 1. The van der Waals surface area contributed by atoms with Gasteiger partial charge in [-0.1, -0.05) is 6.07 Å². The zero-order valence-corrected chi connectivity index (χ0v) is 15.2. The molecule has 0 bridgehead atoms.